The Hall–Kier alpha value is -0.490. The fourth-order valence-corrected chi connectivity index (χ4v) is 2.68. The summed E-state index contributed by atoms with van der Waals surface area (Å²) in [5.41, 5.74) is 6.75. The first-order chi connectivity index (χ1) is 7.34. The van der Waals surface area contributed by atoms with Crippen LogP contribution in [0.4, 0.5) is 0 Å². The van der Waals surface area contributed by atoms with Gasteiger partial charge in [-0.3, -0.25) is 0 Å². The summed E-state index contributed by atoms with van der Waals surface area (Å²) in [5.74, 6) is 0. The Morgan fingerprint density at radius 1 is 1.44 bits per heavy atom. The van der Waals surface area contributed by atoms with Crippen molar-refractivity contribution in [2.45, 2.75) is 32.5 Å². The molecule has 0 aliphatic rings. The summed E-state index contributed by atoms with van der Waals surface area (Å²) in [4.78, 5) is 7.80. The molecule has 4 nitrogen and oxygen atoms in total. The molecule has 1 aromatic heterocycles. The number of rotatable bonds is 5. The first-order valence-corrected chi connectivity index (χ1v) is 6.08. The van der Waals surface area contributed by atoms with Gasteiger partial charge in [-0.15, -0.1) is 11.3 Å². The highest BCUT2D eigenvalue weighted by molar-refractivity contribution is 7.11. The van der Waals surface area contributed by atoms with E-state index in [0.717, 1.165) is 22.1 Å². The Kier molecular flexibility index (Phi) is 4.43. The van der Waals surface area contributed by atoms with Crippen LogP contribution >= 0.6 is 11.3 Å². The fourth-order valence-electron chi connectivity index (χ4n) is 1.48. The van der Waals surface area contributed by atoms with Gasteiger partial charge < -0.3 is 15.4 Å². The van der Waals surface area contributed by atoms with Crippen molar-refractivity contribution >= 4 is 11.3 Å². The third-order valence-electron chi connectivity index (χ3n) is 2.06. The molecule has 0 amide bonds. The maximum absolute atomic E-state index is 6.13. The van der Waals surface area contributed by atoms with E-state index in [-0.39, 0.29) is 5.54 Å². The number of hydrogen-bond donors (Lipinski definition) is 1. The molecular weight excluding hydrogens is 222 g/mol. The lowest BCUT2D eigenvalue weighted by Gasteiger charge is -2.17. The van der Waals surface area contributed by atoms with E-state index in [2.05, 4.69) is 9.88 Å². The van der Waals surface area contributed by atoms with E-state index < -0.39 is 0 Å². The molecule has 0 aromatic carbocycles. The lowest BCUT2D eigenvalue weighted by Crippen LogP contribution is -2.28. The van der Waals surface area contributed by atoms with Gasteiger partial charge in [-0.05, 0) is 27.9 Å². The predicted octanol–water partition coefficient (Wildman–Crippen LogP) is 1.54. The van der Waals surface area contributed by atoms with Gasteiger partial charge in [-0.25, -0.2) is 4.98 Å². The molecule has 0 aliphatic carbocycles. The summed E-state index contributed by atoms with van der Waals surface area (Å²) in [6.45, 7) is 5.37. The molecule has 0 spiro atoms. The third kappa shape index (κ3) is 3.52. The van der Waals surface area contributed by atoms with Crippen molar-refractivity contribution in [3.63, 3.8) is 0 Å². The monoisotopic (exact) mass is 243 g/mol. The van der Waals surface area contributed by atoms with Crippen LogP contribution in [0.3, 0.4) is 0 Å². The van der Waals surface area contributed by atoms with E-state index in [1.165, 1.54) is 0 Å². The molecule has 1 aromatic rings. The number of thiazole rings is 1. The molecule has 0 radical (unpaired) electrons. The fraction of sp³-hybridized carbons (Fsp3) is 0.727. The maximum Gasteiger partial charge on any atom is 0.107 e. The molecule has 2 N–H and O–H groups in total. The topological polar surface area (TPSA) is 51.4 Å². The van der Waals surface area contributed by atoms with E-state index in [9.17, 15) is 0 Å². The summed E-state index contributed by atoms with van der Waals surface area (Å²) in [6, 6.07) is 0. The highest BCUT2D eigenvalue weighted by Gasteiger charge is 2.23. The van der Waals surface area contributed by atoms with Crippen LogP contribution in [0.15, 0.2) is 0 Å². The van der Waals surface area contributed by atoms with Crippen molar-refractivity contribution in [3.05, 3.63) is 15.6 Å². The molecule has 0 fully saturated rings. The molecule has 0 aliphatic heterocycles. The second-order valence-corrected chi connectivity index (χ2v) is 5.86. The zero-order valence-corrected chi connectivity index (χ0v) is 11.5. The number of hydrogen-bond acceptors (Lipinski definition) is 5. The minimum absolute atomic E-state index is 0.351. The van der Waals surface area contributed by atoms with Crippen molar-refractivity contribution in [2.75, 3.05) is 21.2 Å². The van der Waals surface area contributed by atoms with E-state index in [4.69, 9.17) is 10.5 Å². The molecule has 1 rings (SSSR count). The molecule has 92 valence electrons. The average Bonchev–Trinajstić information content (AvgIpc) is 2.46. The largest absolute Gasteiger partial charge is 0.378 e. The first-order valence-electron chi connectivity index (χ1n) is 5.26. The highest BCUT2D eigenvalue weighted by Crippen LogP contribution is 2.29. The summed E-state index contributed by atoms with van der Waals surface area (Å²) >= 11 is 1.68. The normalized spacial score (nSPS) is 12.4. The second kappa shape index (κ2) is 5.23. The van der Waals surface area contributed by atoms with Crippen LogP contribution in [0.2, 0.25) is 0 Å². The minimum atomic E-state index is -0.351. The number of aromatic nitrogens is 1. The number of methoxy groups -OCH3 is 1. The molecule has 16 heavy (non-hydrogen) atoms. The van der Waals surface area contributed by atoms with Crippen molar-refractivity contribution in [1.82, 2.24) is 9.88 Å². The van der Waals surface area contributed by atoms with Gasteiger partial charge in [0.2, 0.25) is 0 Å². The van der Waals surface area contributed by atoms with Crippen LogP contribution in [-0.4, -0.2) is 31.1 Å². The van der Waals surface area contributed by atoms with Crippen LogP contribution in [0.1, 0.15) is 29.4 Å². The van der Waals surface area contributed by atoms with E-state index in [1.807, 2.05) is 27.9 Å². The Labute approximate surface area is 101 Å². The Morgan fingerprint density at radius 2 is 2.06 bits per heavy atom. The SMILES string of the molecule is COCc1nc(CN(C)C)sc1C(C)(C)N. The molecule has 0 bridgehead atoms. The molecule has 0 atom stereocenters. The second-order valence-electron chi connectivity index (χ2n) is 4.78. The number of ether oxygens (including phenoxy) is 1. The van der Waals surface area contributed by atoms with Gasteiger partial charge in [0.05, 0.1) is 12.3 Å². The van der Waals surface area contributed by atoms with Gasteiger partial charge in [0.15, 0.2) is 0 Å². The average molecular weight is 243 g/mol. The number of nitrogens with two attached hydrogens (primary N) is 1. The van der Waals surface area contributed by atoms with Gasteiger partial charge in [-0.1, -0.05) is 0 Å². The molecule has 1 heterocycles. The van der Waals surface area contributed by atoms with Crippen molar-refractivity contribution in [3.8, 4) is 0 Å². The molecular formula is C11H21N3OS. The molecule has 5 heteroatoms. The van der Waals surface area contributed by atoms with Crippen LogP contribution in [0, 0.1) is 0 Å². The van der Waals surface area contributed by atoms with Crippen molar-refractivity contribution in [2.24, 2.45) is 5.73 Å². The van der Waals surface area contributed by atoms with Gasteiger partial charge in [0, 0.05) is 24.1 Å². The van der Waals surface area contributed by atoms with Crippen LogP contribution in [0.25, 0.3) is 0 Å². The Balaban J connectivity index is 3.00. The number of nitrogens with zero attached hydrogens (tertiary/aromatic N) is 2. The van der Waals surface area contributed by atoms with E-state index in [1.54, 1.807) is 18.4 Å². The lowest BCUT2D eigenvalue weighted by molar-refractivity contribution is 0.180. The van der Waals surface area contributed by atoms with E-state index in [0.29, 0.717) is 6.61 Å². The Morgan fingerprint density at radius 3 is 2.50 bits per heavy atom. The standard InChI is InChI=1S/C11H21N3OS/c1-11(2,12)10-8(7-15-5)13-9(16-10)6-14(3)4/h6-7,12H2,1-5H3. The zero-order chi connectivity index (χ0) is 12.3. The van der Waals surface area contributed by atoms with E-state index >= 15 is 0 Å². The molecule has 0 unspecified atom stereocenters. The van der Waals surface area contributed by atoms with Gasteiger partial charge in [0.1, 0.15) is 5.01 Å². The summed E-state index contributed by atoms with van der Waals surface area (Å²) in [7, 11) is 5.74. The zero-order valence-electron chi connectivity index (χ0n) is 10.7. The molecule has 0 saturated carbocycles. The predicted molar refractivity (Wildman–Crippen MR) is 67.4 cm³/mol. The van der Waals surface area contributed by atoms with Crippen molar-refractivity contribution < 1.29 is 4.74 Å². The smallest absolute Gasteiger partial charge is 0.107 e. The lowest BCUT2D eigenvalue weighted by atomic mass is 10.0. The third-order valence-corrected chi connectivity index (χ3v) is 3.48. The van der Waals surface area contributed by atoms with Gasteiger partial charge >= 0.3 is 0 Å². The highest BCUT2D eigenvalue weighted by atomic mass is 32.1. The summed E-state index contributed by atoms with van der Waals surface area (Å²) in [5, 5.41) is 1.09. The minimum Gasteiger partial charge on any atom is -0.378 e. The van der Waals surface area contributed by atoms with Crippen LogP contribution in [-0.2, 0) is 23.4 Å². The summed E-state index contributed by atoms with van der Waals surface area (Å²) < 4.78 is 5.16. The molecule has 0 saturated heterocycles. The van der Waals surface area contributed by atoms with Crippen LogP contribution < -0.4 is 5.73 Å². The first kappa shape index (κ1) is 13.6. The van der Waals surface area contributed by atoms with Gasteiger partial charge in [0.25, 0.3) is 0 Å². The Bertz CT molecular complexity index is 341. The van der Waals surface area contributed by atoms with Gasteiger partial charge in [-0.2, -0.15) is 0 Å². The van der Waals surface area contributed by atoms with Crippen LogP contribution in [0.5, 0.6) is 0 Å². The quantitative estimate of drug-likeness (QED) is 0.852. The summed E-state index contributed by atoms with van der Waals surface area (Å²) in [6.07, 6.45) is 0. The van der Waals surface area contributed by atoms with Crippen molar-refractivity contribution in [1.29, 1.82) is 0 Å². The maximum atomic E-state index is 6.13.